The molecule has 25 heavy (non-hydrogen) atoms. The van der Waals surface area contributed by atoms with E-state index in [0.717, 1.165) is 24.2 Å². The van der Waals surface area contributed by atoms with Gasteiger partial charge in [0.15, 0.2) is 0 Å². The van der Waals surface area contributed by atoms with Gasteiger partial charge in [0, 0.05) is 5.56 Å². The van der Waals surface area contributed by atoms with Crippen LogP contribution < -0.4 is 4.90 Å². The molecule has 0 aliphatic carbocycles. The fourth-order valence-corrected chi connectivity index (χ4v) is 4.73. The average molecular weight is 363 g/mol. The van der Waals surface area contributed by atoms with Crippen LogP contribution in [0.2, 0.25) is 0 Å². The summed E-state index contributed by atoms with van der Waals surface area (Å²) in [6, 6.07) is 13.8. The smallest absolute Gasteiger partial charge is 0.243 e. The number of hydrogen-bond acceptors (Lipinski definition) is 2. The number of quaternary nitrogens is 1. The molecule has 0 bridgehead atoms. The molecule has 1 N–H and O–H groups in total. The number of nitrogens with one attached hydrogen (secondary N) is 1. The largest absolute Gasteiger partial charge is 0.327 e. The molecule has 2 aromatic rings. The third-order valence-electron chi connectivity index (χ3n) is 5.01. The van der Waals surface area contributed by atoms with Gasteiger partial charge < -0.3 is 4.90 Å². The Hall–Kier alpha value is -1.76. The standard InChI is InChI=1S/C19H23FN2O2S/c1-15-3-9-19(10-4-15)25(23,24)22-13-11-21(12-14-22)16(2)17-5-7-18(20)8-6-17/h3-10,16H,11-14H2,1-2H3/p+1/t16-/m0/s1. The van der Waals surface area contributed by atoms with Gasteiger partial charge in [0.25, 0.3) is 0 Å². The van der Waals surface area contributed by atoms with Crippen LogP contribution in [0.15, 0.2) is 53.4 Å². The molecule has 1 fully saturated rings. The van der Waals surface area contributed by atoms with Crippen molar-refractivity contribution < 1.29 is 17.7 Å². The molecule has 1 aliphatic rings. The summed E-state index contributed by atoms with van der Waals surface area (Å²) in [7, 11) is -3.43. The van der Waals surface area contributed by atoms with E-state index in [1.807, 2.05) is 31.2 Å². The summed E-state index contributed by atoms with van der Waals surface area (Å²) < 4.78 is 40.2. The van der Waals surface area contributed by atoms with Gasteiger partial charge in [-0.25, -0.2) is 12.8 Å². The molecule has 2 aromatic carbocycles. The molecule has 0 saturated carbocycles. The Morgan fingerprint density at radius 3 is 2.12 bits per heavy atom. The first-order valence-electron chi connectivity index (χ1n) is 8.55. The van der Waals surface area contributed by atoms with E-state index in [9.17, 15) is 12.8 Å². The van der Waals surface area contributed by atoms with E-state index in [-0.39, 0.29) is 11.9 Å². The predicted octanol–water partition coefficient (Wildman–Crippen LogP) is 1.78. The first kappa shape index (κ1) is 18.0. The Kier molecular flexibility index (Phi) is 5.22. The average Bonchev–Trinajstić information content (AvgIpc) is 2.62. The highest BCUT2D eigenvalue weighted by Crippen LogP contribution is 2.17. The van der Waals surface area contributed by atoms with Crippen LogP contribution in [0, 0.1) is 12.7 Å². The zero-order valence-electron chi connectivity index (χ0n) is 14.6. The van der Waals surface area contributed by atoms with Crippen LogP contribution >= 0.6 is 0 Å². The molecule has 1 heterocycles. The third-order valence-corrected chi connectivity index (χ3v) is 6.92. The van der Waals surface area contributed by atoms with Gasteiger partial charge in [0.1, 0.15) is 11.9 Å². The highest BCUT2D eigenvalue weighted by molar-refractivity contribution is 7.89. The molecule has 1 aliphatic heterocycles. The van der Waals surface area contributed by atoms with Crippen LogP contribution in [0.5, 0.6) is 0 Å². The van der Waals surface area contributed by atoms with Crippen LogP contribution in [0.4, 0.5) is 4.39 Å². The van der Waals surface area contributed by atoms with Gasteiger partial charge in [0.05, 0.1) is 31.1 Å². The van der Waals surface area contributed by atoms with Crippen molar-refractivity contribution in [3.05, 3.63) is 65.5 Å². The molecule has 6 heteroatoms. The van der Waals surface area contributed by atoms with Crippen molar-refractivity contribution in [3.8, 4) is 0 Å². The number of nitrogens with zero attached hydrogens (tertiary/aromatic N) is 1. The Morgan fingerprint density at radius 1 is 1.00 bits per heavy atom. The van der Waals surface area contributed by atoms with Crippen LogP contribution in [-0.2, 0) is 10.0 Å². The van der Waals surface area contributed by atoms with Crippen LogP contribution in [0.25, 0.3) is 0 Å². The molecule has 0 amide bonds. The lowest BCUT2D eigenvalue weighted by atomic mass is 10.1. The minimum absolute atomic E-state index is 0.213. The van der Waals surface area contributed by atoms with Crippen molar-refractivity contribution in [2.24, 2.45) is 0 Å². The van der Waals surface area contributed by atoms with E-state index < -0.39 is 10.0 Å². The monoisotopic (exact) mass is 363 g/mol. The second-order valence-electron chi connectivity index (χ2n) is 6.65. The number of rotatable bonds is 4. The quantitative estimate of drug-likeness (QED) is 0.900. The molecule has 3 rings (SSSR count). The minimum Gasteiger partial charge on any atom is -0.327 e. The SMILES string of the molecule is Cc1ccc(S(=O)(=O)N2CC[NH+]([C@@H](C)c3ccc(F)cc3)CC2)cc1. The number of benzene rings is 2. The summed E-state index contributed by atoms with van der Waals surface area (Å²) >= 11 is 0. The molecule has 0 radical (unpaired) electrons. The van der Waals surface area contributed by atoms with Crippen molar-refractivity contribution in [2.45, 2.75) is 24.8 Å². The van der Waals surface area contributed by atoms with Crippen molar-refractivity contribution in [3.63, 3.8) is 0 Å². The summed E-state index contributed by atoms with van der Waals surface area (Å²) in [6.45, 7) is 6.52. The molecule has 1 atom stereocenters. The Labute approximate surface area is 148 Å². The number of hydrogen-bond donors (Lipinski definition) is 1. The zero-order chi connectivity index (χ0) is 18.0. The van der Waals surface area contributed by atoms with E-state index in [1.54, 1.807) is 16.4 Å². The van der Waals surface area contributed by atoms with Crippen molar-refractivity contribution in [1.29, 1.82) is 0 Å². The molecule has 1 saturated heterocycles. The number of halogens is 1. The van der Waals surface area contributed by atoms with Crippen LogP contribution in [0.1, 0.15) is 24.1 Å². The van der Waals surface area contributed by atoms with Gasteiger partial charge in [-0.05, 0) is 38.1 Å². The maximum atomic E-state index is 13.1. The first-order chi connectivity index (χ1) is 11.9. The molecular formula is C19H24FN2O2S+. The topological polar surface area (TPSA) is 41.8 Å². The maximum absolute atomic E-state index is 13.1. The molecule has 134 valence electrons. The third kappa shape index (κ3) is 3.92. The lowest BCUT2D eigenvalue weighted by Crippen LogP contribution is -3.14. The second-order valence-corrected chi connectivity index (χ2v) is 8.59. The van der Waals surface area contributed by atoms with Crippen molar-refractivity contribution >= 4 is 10.0 Å². The van der Waals surface area contributed by atoms with E-state index in [1.165, 1.54) is 17.0 Å². The molecule has 0 unspecified atom stereocenters. The fraction of sp³-hybridized carbons (Fsp3) is 0.368. The Morgan fingerprint density at radius 2 is 1.56 bits per heavy atom. The highest BCUT2D eigenvalue weighted by atomic mass is 32.2. The molecule has 0 aromatic heterocycles. The van der Waals surface area contributed by atoms with Crippen molar-refractivity contribution in [2.75, 3.05) is 26.2 Å². The summed E-state index contributed by atoms with van der Waals surface area (Å²) in [5.74, 6) is -0.236. The summed E-state index contributed by atoms with van der Waals surface area (Å²) in [4.78, 5) is 1.68. The summed E-state index contributed by atoms with van der Waals surface area (Å²) in [5, 5.41) is 0. The Bertz CT molecular complexity index is 812. The summed E-state index contributed by atoms with van der Waals surface area (Å²) in [6.07, 6.45) is 0. The normalized spacial score (nSPS) is 18.2. The fourth-order valence-electron chi connectivity index (χ4n) is 3.29. The lowest BCUT2D eigenvalue weighted by Gasteiger charge is -2.35. The highest BCUT2D eigenvalue weighted by Gasteiger charge is 2.32. The minimum atomic E-state index is -3.43. The number of piperazine rings is 1. The number of sulfonamides is 1. The van der Waals surface area contributed by atoms with E-state index >= 15 is 0 Å². The van der Waals surface area contributed by atoms with E-state index in [4.69, 9.17) is 0 Å². The first-order valence-corrected chi connectivity index (χ1v) is 9.99. The van der Waals surface area contributed by atoms with Gasteiger partial charge in [-0.15, -0.1) is 0 Å². The summed E-state index contributed by atoms with van der Waals surface area (Å²) in [5.41, 5.74) is 2.12. The molecular weight excluding hydrogens is 339 g/mol. The molecule has 0 spiro atoms. The van der Waals surface area contributed by atoms with E-state index in [0.29, 0.717) is 18.0 Å². The zero-order valence-corrected chi connectivity index (χ0v) is 15.4. The molecule has 4 nitrogen and oxygen atoms in total. The van der Waals surface area contributed by atoms with Crippen LogP contribution in [0.3, 0.4) is 0 Å². The van der Waals surface area contributed by atoms with Gasteiger partial charge in [-0.3, -0.25) is 0 Å². The maximum Gasteiger partial charge on any atom is 0.243 e. The van der Waals surface area contributed by atoms with Crippen LogP contribution in [-0.4, -0.2) is 38.9 Å². The lowest BCUT2D eigenvalue weighted by molar-refractivity contribution is -0.933. The van der Waals surface area contributed by atoms with Gasteiger partial charge in [0.2, 0.25) is 10.0 Å². The Balaban J connectivity index is 1.67. The van der Waals surface area contributed by atoms with Gasteiger partial charge in [-0.2, -0.15) is 4.31 Å². The van der Waals surface area contributed by atoms with Crippen molar-refractivity contribution in [1.82, 2.24) is 4.31 Å². The van der Waals surface area contributed by atoms with E-state index in [2.05, 4.69) is 6.92 Å². The van der Waals surface area contributed by atoms with Gasteiger partial charge in [-0.1, -0.05) is 29.8 Å². The predicted molar refractivity (Wildman–Crippen MR) is 95.4 cm³/mol. The number of aryl methyl sites for hydroxylation is 1. The second kappa shape index (κ2) is 7.23. The van der Waals surface area contributed by atoms with Gasteiger partial charge >= 0.3 is 0 Å².